The van der Waals surface area contributed by atoms with Gasteiger partial charge in [-0.05, 0) is 37.3 Å². The van der Waals surface area contributed by atoms with Crippen molar-refractivity contribution in [1.82, 2.24) is 19.1 Å². The predicted octanol–water partition coefficient (Wildman–Crippen LogP) is 2.58. The molecule has 9 heteroatoms. The van der Waals surface area contributed by atoms with E-state index in [1.54, 1.807) is 43.8 Å². The van der Waals surface area contributed by atoms with Crippen molar-refractivity contribution in [2.45, 2.75) is 20.4 Å². The number of nitrogens with zero attached hydrogens (tertiary/aromatic N) is 4. The molecule has 164 valence electrons. The van der Waals surface area contributed by atoms with Gasteiger partial charge in [0.1, 0.15) is 11.4 Å². The number of hydrogen-bond acceptors (Lipinski definition) is 5. The molecule has 0 aliphatic carbocycles. The molecule has 0 aliphatic rings. The van der Waals surface area contributed by atoms with E-state index in [1.165, 1.54) is 21.7 Å². The van der Waals surface area contributed by atoms with Gasteiger partial charge >= 0.3 is 0 Å². The average molecular weight is 433 g/mol. The third-order valence-corrected chi connectivity index (χ3v) is 5.34. The van der Waals surface area contributed by atoms with Crippen LogP contribution in [0.5, 0.6) is 0 Å². The Morgan fingerprint density at radius 1 is 1.09 bits per heavy atom. The van der Waals surface area contributed by atoms with Crippen molar-refractivity contribution in [2.24, 2.45) is 13.0 Å². The van der Waals surface area contributed by atoms with Crippen LogP contribution in [0, 0.1) is 12.8 Å². The molecule has 0 spiro atoms. The molecule has 3 heterocycles. The molecule has 1 amide bonds. The van der Waals surface area contributed by atoms with Crippen LogP contribution in [0.15, 0.2) is 74.9 Å². The molecule has 0 bridgehead atoms. The first-order chi connectivity index (χ1) is 15.4. The topological polar surface area (TPSA) is 104 Å². The fourth-order valence-corrected chi connectivity index (χ4v) is 3.44. The third kappa shape index (κ3) is 3.92. The first kappa shape index (κ1) is 21.1. The zero-order valence-electron chi connectivity index (χ0n) is 18.0. The molecular weight excluding hydrogens is 410 g/mol. The van der Waals surface area contributed by atoms with Gasteiger partial charge in [-0.1, -0.05) is 25.1 Å². The molecule has 1 atom stereocenters. The molecule has 3 aromatic heterocycles. The largest absolute Gasteiger partial charge is 0.463 e. The molecule has 4 aromatic rings. The third-order valence-electron chi connectivity index (χ3n) is 5.34. The molecule has 1 N–H and O–H groups in total. The lowest BCUT2D eigenvalue weighted by Crippen LogP contribution is -2.32. The van der Waals surface area contributed by atoms with E-state index in [0.29, 0.717) is 22.8 Å². The summed E-state index contributed by atoms with van der Waals surface area (Å²) in [4.78, 5) is 38.1. The SMILES string of the molecule is Cc1c(NC(=O)C(C)Cn2nc(-c3ccco3)ccc2=O)c(=O)n(-c2ccccc2)n1C. The van der Waals surface area contributed by atoms with Crippen LogP contribution < -0.4 is 16.4 Å². The summed E-state index contributed by atoms with van der Waals surface area (Å²) in [5.41, 5.74) is 1.36. The molecule has 9 nitrogen and oxygen atoms in total. The van der Waals surface area contributed by atoms with Crippen LogP contribution in [-0.2, 0) is 18.4 Å². The molecule has 0 fully saturated rings. The van der Waals surface area contributed by atoms with E-state index in [1.807, 2.05) is 30.3 Å². The van der Waals surface area contributed by atoms with Crippen molar-refractivity contribution < 1.29 is 9.21 Å². The number of para-hydroxylation sites is 1. The van der Waals surface area contributed by atoms with Gasteiger partial charge in [0.05, 0.1) is 30.1 Å². The number of carbonyl (C=O) groups is 1. The number of aromatic nitrogens is 4. The van der Waals surface area contributed by atoms with Gasteiger partial charge < -0.3 is 9.73 Å². The molecular formula is C23H23N5O4. The number of amides is 1. The Kier molecular flexibility index (Phi) is 5.63. The number of rotatable bonds is 6. The Hall–Kier alpha value is -4.14. The quantitative estimate of drug-likeness (QED) is 0.503. The van der Waals surface area contributed by atoms with Crippen molar-refractivity contribution in [3.63, 3.8) is 0 Å². The van der Waals surface area contributed by atoms with Crippen LogP contribution in [0.2, 0.25) is 0 Å². The van der Waals surface area contributed by atoms with Gasteiger partial charge in [-0.15, -0.1) is 0 Å². The average Bonchev–Trinajstić information content (AvgIpc) is 3.40. The summed E-state index contributed by atoms with van der Waals surface area (Å²) in [6, 6.07) is 15.6. The van der Waals surface area contributed by atoms with Gasteiger partial charge in [0.25, 0.3) is 11.1 Å². The number of nitrogens with one attached hydrogen (secondary N) is 1. The Balaban J connectivity index is 1.56. The second-order valence-corrected chi connectivity index (χ2v) is 7.54. The van der Waals surface area contributed by atoms with Gasteiger partial charge in [-0.3, -0.25) is 19.1 Å². The van der Waals surface area contributed by atoms with Crippen molar-refractivity contribution in [1.29, 1.82) is 0 Å². The fourth-order valence-electron chi connectivity index (χ4n) is 3.44. The Morgan fingerprint density at radius 2 is 1.84 bits per heavy atom. The van der Waals surface area contributed by atoms with E-state index in [9.17, 15) is 14.4 Å². The van der Waals surface area contributed by atoms with Crippen molar-refractivity contribution in [2.75, 3.05) is 5.32 Å². The second-order valence-electron chi connectivity index (χ2n) is 7.54. The molecule has 1 unspecified atom stereocenters. The van der Waals surface area contributed by atoms with Crippen LogP contribution >= 0.6 is 0 Å². The smallest absolute Gasteiger partial charge is 0.295 e. The zero-order chi connectivity index (χ0) is 22.8. The molecule has 0 radical (unpaired) electrons. The van der Waals surface area contributed by atoms with Crippen molar-refractivity contribution >= 4 is 11.6 Å². The minimum Gasteiger partial charge on any atom is -0.463 e. The highest BCUT2D eigenvalue weighted by Crippen LogP contribution is 2.17. The lowest BCUT2D eigenvalue weighted by molar-refractivity contribution is -0.119. The zero-order valence-corrected chi connectivity index (χ0v) is 18.0. The molecule has 4 rings (SSSR count). The molecule has 0 aliphatic heterocycles. The van der Waals surface area contributed by atoms with E-state index >= 15 is 0 Å². The summed E-state index contributed by atoms with van der Waals surface area (Å²) in [7, 11) is 1.76. The maximum Gasteiger partial charge on any atom is 0.295 e. The first-order valence-electron chi connectivity index (χ1n) is 10.1. The highest BCUT2D eigenvalue weighted by Gasteiger charge is 2.22. The van der Waals surface area contributed by atoms with E-state index in [4.69, 9.17) is 4.42 Å². The summed E-state index contributed by atoms with van der Waals surface area (Å²) in [6.07, 6.45) is 1.52. The van der Waals surface area contributed by atoms with Gasteiger partial charge in [0.15, 0.2) is 5.76 Å². The summed E-state index contributed by atoms with van der Waals surface area (Å²) >= 11 is 0. The van der Waals surface area contributed by atoms with Gasteiger partial charge in [0.2, 0.25) is 5.91 Å². The van der Waals surface area contributed by atoms with Crippen LogP contribution in [0.3, 0.4) is 0 Å². The predicted molar refractivity (Wildman–Crippen MR) is 120 cm³/mol. The molecule has 32 heavy (non-hydrogen) atoms. The van der Waals surface area contributed by atoms with E-state index in [-0.39, 0.29) is 29.3 Å². The number of furan rings is 1. The number of anilines is 1. The normalized spacial score (nSPS) is 12.0. The van der Waals surface area contributed by atoms with E-state index < -0.39 is 5.92 Å². The van der Waals surface area contributed by atoms with Gasteiger partial charge in [-0.25, -0.2) is 9.36 Å². The van der Waals surface area contributed by atoms with Crippen molar-refractivity contribution in [3.05, 3.63) is 87.3 Å². The minimum absolute atomic E-state index is 0.0535. The molecule has 0 saturated carbocycles. The Morgan fingerprint density at radius 3 is 2.53 bits per heavy atom. The lowest BCUT2D eigenvalue weighted by Gasteiger charge is -2.13. The summed E-state index contributed by atoms with van der Waals surface area (Å²) in [6.45, 7) is 3.50. The number of hydrogen-bond donors (Lipinski definition) is 1. The van der Waals surface area contributed by atoms with Gasteiger partial charge in [-0.2, -0.15) is 5.10 Å². The standard InChI is InChI=1S/C23H23N5O4/c1-15(14-27-20(29)12-11-18(25-27)19-10-7-13-32-19)22(30)24-21-16(2)26(3)28(23(21)31)17-8-5-4-6-9-17/h4-13,15H,14H2,1-3H3,(H,24,30). The summed E-state index contributed by atoms with van der Waals surface area (Å²) in [5.74, 6) is -0.471. The number of carbonyl (C=O) groups excluding carboxylic acids is 1. The van der Waals surface area contributed by atoms with Crippen LogP contribution in [-0.4, -0.2) is 25.1 Å². The highest BCUT2D eigenvalue weighted by molar-refractivity contribution is 5.92. The number of benzene rings is 1. The monoisotopic (exact) mass is 433 g/mol. The first-order valence-corrected chi connectivity index (χ1v) is 10.1. The van der Waals surface area contributed by atoms with Crippen LogP contribution in [0.25, 0.3) is 17.1 Å². The Labute approximate surface area is 183 Å². The van der Waals surface area contributed by atoms with Crippen molar-refractivity contribution in [3.8, 4) is 17.1 Å². The van der Waals surface area contributed by atoms with Crippen LogP contribution in [0.4, 0.5) is 5.69 Å². The summed E-state index contributed by atoms with van der Waals surface area (Å²) < 4.78 is 9.74. The maximum absolute atomic E-state index is 13.0. The maximum atomic E-state index is 13.0. The Bertz CT molecular complexity index is 1360. The van der Waals surface area contributed by atoms with Gasteiger partial charge in [0, 0.05) is 13.1 Å². The lowest BCUT2D eigenvalue weighted by atomic mass is 10.1. The molecule has 1 aromatic carbocycles. The van der Waals surface area contributed by atoms with E-state index in [0.717, 1.165) is 0 Å². The second kappa shape index (κ2) is 8.54. The van der Waals surface area contributed by atoms with E-state index in [2.05, 4.69) is 10.4 Å². The minimum atomic E-state index is -0.615. The fraction of sp³-hybridized carbons (Fsp3) is 0.217. The molecule has 0 saturated heterocycles. The summed E-state index contributed by atoms with van der Waals surface area (Å²) in [5, 5.41) is 7.03. The highest BCUT2D eigenvalue weighted by atomic mass is 16.3. The van der Waals surface area contributed by atoms with Crippen LogP contribution in [0.1, 0.15) is 12.6 Å².